The zero-order valence-corrected chi connectivity index (χ0v) is 12.2. The van der Waals surface area contributed by atoms with E-state index in [1.54, 1.807) is 21.3 Å². The third-order valence-corrected chi connectivity index (χ3v) is 5.99. The Balaban J connectivity index is 2.53. The second-order valence-corrected chi connectivity index (χ2v) is 7.31. The normalized spacial score (nSPS) is 19.1. The van der Waals surface area contributed by atoms with Crippen LogP contribution in [0, 0.1) is 5.92 Å². The summed E-state index contributed by atoms with van der Waals surface area (Å²) in [4.78, 5) is 0. The lowest BCUT2D eigenvalue weighted by Gasteiger charge is -2.34. The smallest absolute Gasteiger partial charge is 0.381 e. The molecule has 0 aliphatic carbocycles. The lowest BCUT2D eigenvalue weighted by molar-refractivity contribution is -0.0889. The highest BCUT2D eigenvalue weighted by atomic mass is 28.4. The fourth-order valence-corrected chi connectivity index (χ4v) is 4.13. The van der Waals surface area contributed by atoms with Crippen molar-refractivity contribution in [2.24, 2.45) is 5.92 Å². The van der Waals surface area contributed by atoms with Gasteiger partial charge in [-0.1, -0.05) is 13.3 Å². The first-order chi connectivity index (χ1) is 8.22. The van der Waals surface area contributed by atoms with Crippen LogP contribution in [0.2, 0.25) is 0 Å². The zero-order valence-electron chi connectivity index (χ0n) is 11.2. The summed E-state index contributed by atoms with van der Waals surface area (Å²) in [6, 6.07) is 0. The molecule has 0 aromatic carbocycles. The third kappa shape index (κ3) is 3.74. The molecule has 0 N–H and O–H groups in total. The molecule has 1 unspecified atom stereocenters. The van der Waals surface area contributed by atoms with Crippen molar-refractivity contribution in [3.05, 3.63) is 0 Å². The van der Waals surface area contributed by atoms with Crippen LogP contribution in [0.1, 0.15) is 19.8 Å². The molecule has 1 fully saturated rings. The molecule has 1 aliphatic heterocycles. The standard InChI is InChI=1S/C11H24O5Si/c1-5-6-11(16-9-10-7-15-8-10)17(12-2,13-3)14-4/h10-11H,5-9H2,1-4H3. The van der Waals surface area contributed by atoms with Gasteiger partial charge in [0.2, 0.25) is 0 Å². The molecule has 0 saturated carbocycles. The van der Waals surface area contributed by atoms with Crippen molar-refractivity contribution in [3.8, 4) is 0 Å². The molecule has 0 amide bonds. The van der Waals surface area contributed by atoms with Gasteiger partial charge in [0.05, 0.1) is 19.8 Å². The maximum Gasteiger partial charge on any atom is 0.530 e. The van der Waals surface area contributed by atoms with Crippen LogP contribution in [0.4, 0.5) is 0 Å². The SMILES string of the molecule is CCCC(OCC1COC1)[Si](OC)(OC)OC. The van der Waals surface area contributed by atoms with E-state index in [-0.39, 0.29) is 5.73 Å². The maximum atomic E-state index is 5.93. The van der Waals surface area contributed by atoms with Crippen LogP contribution >= 0.6 is 0 Å². The lowest BCUT2D eigenvalue weighted by Crippen LogP contribution is -2.56. The van der Waals surface area contributed by atoms with Crippen LogP contribution in [0.5, 0.6) is 0 Å². The molecule has 0 aromatic rings. The predicted molar refractivity (Wildman–Crippen MR) is 65.7 cm³/mol. The van der Waals surface area contributed by atoms with Crippen molar-refractivity contribution in [2.75, 3.05) is 41.2 Å². The minimum Gasteiger partial charge on any atom is -0.381 e. The van der Waals surface area contributed by atoms with Gasteiger partial charge in [-0.2, -0.15) is 0 Å². The number of hydrogen-bond donors (Lipinski definition) is 0. The molecule has 6 heteroatoms. The molecule has 0 bridgehead atoms. The van der Waals surface area contributed by atoms with Crippen molar-refractivity contribution in [2.45, 2.75) is 25.5 Å². The molecule has 0 aromatic heterocycles. The number of rotatable bonds is 9. The van der Waals surface area contributed by atoms with Gasteiger partial charge in [0.15, 0.2) is 0 Å². The fourth-order valence-electron chi connectivity index (χ4n) is 1.90. The van der Waals surface area contributed by atoms with E-state index in [9.17, 15) is 0 Å². The Morgan fingerprint density at radius 2 is 1.76 bits per heavy atom. The molecule has 1 saturated heterocycles. The van der Waals surface area contributed by atoms with Gasteiger partial charge in [0.25, 0.3) is 0 Å². The Morgan fingerprint density at radius 1 is 1.18 bits per heavy atom. The average Bonchev–Trinajstić information content (AvgIpc) is 2.30. The van der Waals surface area contributed by atoms with E-state index in [0.717, 1.165) is 26.1 Å². The zero-order chi connectivity index (χ0) is 12.7. The van der Waals surface area contributed by atoms with Crippen LogP contribution in [-0.2, 0) is 22.8 Å². The van der Waals surface area contributed by atoms with Crippen LogP contribution < -0.4 is 0 Å². The molecule has 0 spiro atoms. The van der Waals surface area contributed by atoms with Crippen molar-refractivity contribution in [3.63, 3.8) is 0 Å². The summed E-state index contributed by atoms with van der Waals surface area (Å²) in [5, 5.41) is 0. The lowest BCUT2D eigenvalue weighted by atomic mass is 10.1. The first kappa shape index (κ1) is 15.1. The monoisotopic (exact) mass is 264 g/mol. The van der Waals surface area contributed by atoms with Crippen molar-refractivity contribution in [1.29, 1.82) is 0 Å². The Hall–Kier alpha value is 0.0169. The summed E-state index contributed by atoms with van der Waals surface area (Å²) >= 11 is 0. The highest BCUT2D eigenvalue weighted by Crippen LogP contribution is 2.21. The van der Waals surface area contributed by atoms with E-state index in [1.807, 2.05) is 0 Å². The quantitative estimate of drug-likeness (QED) is 0.586. The first-order valence-electron chi connectivity index (χ1n) is 6.07. The summed E-state index contributed by atoms with van der Waals surface area (Å²) in [6.45, 7) is 4.39. The molecule has 1 aliphatic rings. The van der Waals surface area contributed by atoms with E-state index in [1.165, 1.54) is 0 Å². The molecule has 1 atom stereocenters. The van der Waals surface area contributed by atoms with E-state index in [4.69, 9.17) is 22.8 Å². The summed E-state index contributed by atoms with van der Waals surface area (Å²) in [6.07, 6.45) is 1.89. The minimum absolute atomic E-state index is 0.0897. The van der Waals surface area contributed by atoms with Crippen molar-refractivity contribution in [1.82, 2.24) is 0 Å². The highest BCUT2D eigenvalue weighted by molar-refractivity contribution is 6.62. The van der Waals surface area contributed by atoms with E-state index in [0.29, 0.717) is 12.5 Å². The van der Waals surface area contributed by atoms with Crippen LogP contribution in [0.25, 0.3) is 0 Å². The predicted octanol–water partition coefficient (Wildman–Crippen LogP) is 1.24. The van der Waals surface area contributed by atoms with Crippen molar-refractivity contribution < 1.29 is 22.8 Å². The van der Waals surface area contributed by atoms with Gasteiger partial charge in [-0.3, -0.25) is 0 Å². The van der Waals surface area contributed by atoms with Gasteiger partial charge in [-0.05, 0) is 6.42 Å². The summed E-state index contributed by atoms with van der Waals surface area (Å²) < 4.78 is 27.5. The Kier molecular flexibility index (Phi) is 6.61. The second kappa shape index (κ2) is 7.45. The highest BCUT2D eigenvalue weighted by Gasteiger charge is 2.48. The molecule has 17 heavy (non-hydrogen) atoms. The Bertz CT molecular complexity index is 198. The second-order valence-electron chi connectivity index (χ2n) is 4.23. The summed E-state index contributed by atoms with van der Waals surface area (Å²) in [7, 11) is 2.18. The topological polar surface area (TPSA) is 46.2 Å². The number of hydrogen-bond acceptors (Lipinski definition) is 5. The van der Waals surface area contributed by atoms with Crippen LogP contribution in [-0.4, -0.2) is 55.7 Å². The Morgan fingerprint density at radius 3 is 2.12 bits per heavy atom. The maximum absolute atomic E-state index is 5.93. The van der Waals surface area contributed by atoms with E-state index >= 15 is 0 Å². The summed E-state index contributed by atoms with van der Waals surface area (Å²) in [5.41, 5.74) is -0.0897. The third-order valence-electron chi connectivity index (χ3n) is 3.04. The first-order valence-corrected chi connectivity index (χ1v) is 7.87. The minimum atomic E-state index is -2.69. The van der Waals surface area contributed by atoms with Gasteiger partial charge in [-0.25, -0.2) is 0 Å². The molecular formula is C11H24O5Si. The van der Waals surface area contributed by atoms with E-state index in [2.05, 4.69) is 6.92 Å². The number of ether oxygens (including phenoxy) is 2. The van der Waals surface area contributed by atoms with Crippen LogP contribution in [0.3, 0.4) is 0 Å². The molecule has 1 rings (SSSR count). The van der Waals surface area contributed by atoms with Gasteiger partial charge < -0.3 is 22.8 Å². The van der Waals surface area contributed by atoms with E-state index < -0.39 is 8.80 Å². The average molecular weight is 264 g/mol. The largest absolute Gasteiger partial charge is 0.530 e. The fraction of sp³-hybridized carbons (Fsp3) is 1.00. The van der Waals surface area contributed by atoms with Crippen LogP contribution in [0.15, 0.2) is 0 Å². The molecule has 5 nitrogen and oxygen atoms in total. The van der Waals surface area contributed by atoms with Gasteiger partial charge in [0.1, 0.15) is 5.73 Å². The van der Waals surface area contributed by atoms with Gasteiger partial charge >= 0.3 is 8.80 Å². The summed E-state index contributed by atoms with van der Waals surface area (Å²) in [5.74, 6) is 0.506. The Labute approximate surface area is 105 Å². The molecule has 0 radical (unpaired) electrons. The van der Waals surface area contributed by atoms with Crippen molar-refractivity contribution >= 4 is 8.80 Å². The molecule has 1 heterocycles. The molecular weight excluding hydrogens is 240 g/mol. The molecule has 102 valence electrons. The van der Waals surface area contributed by atoms with Gasteiger partial charge in [-0.15, -0.1) is 0 Å². The van der Waals surface area contributed by atoms with Gasteiger partial charge in [0, 0.05) is 27.2 Å².